The number of hydrogen-bond donors (Lipinski definition) is 1. The third kappa shape index (κ3) is 2.01. The zero-order valence-electron chi connectivity index (χ0n) is 7.22. The third-order valence-electron chi connectivity index (χ3n) is 2.23. The summed E-state index contributed by atoms with van der Waals surface area (Å²) in [7, 11) is 0. The van der Waals surface area contributed by atoms with E-state index in [4.69, 9.17) is 0 Å². The van der Waals surface area contributed by atoms with Crippen molar-refractivity contribution < 1.29 is 4.79 Å². The summed E-state index contributed by atoms with van der Waals surface area (Å²) in [4.78, 5) is 15.7. The number of halogens is 2. The van der Waals surface area contributed by atoms with Gasteiger partial charge in [0.05, 0.1) is 11.0 Å². The summed E-state index contributed by atoms with van der Waals surface area (Å²) in [5.74, 6) is -0.0879. The number of thiazole rings is 1. The van der Waals surface area contributed by atoms with Gasteiger partial charge in [0.15, 0.2) is 5.69 Å². The van der Waals surface area contributed by atoms with Gasteiger partial charge in [0.25, 0.3) is 5.91 Å². The van der Waals surface area contributed by atoms with E-state index in [0.29, 0.717) is 5.69 Å². The Labute approximate surface area is 103 Å². The highest BCUT2D eigenvalue weighted by Crippen LogP contribution is 2.37. The summed E-state index contributed by atoms with van der Waals surface area (Å²) in [5, 5.41) is 3.80. The predicted molar refractivity (Wildman–Crippen MR) is 63.0 cm³/mol. The van der Waals surface area contributed by atoms with Crippen molar-refractivity contribution in [1.82, 2.24) is 10.3 Å². The minimum absolute atomic E-state index is 0.0137. The molecule has 1 aromatic heterocycles. The molecule has 3 nitrogen and oxygen atoms in total. The molecule has 0 aliphatic heterocycles. The van der Waals surface area contributed by atoms with E-state index < -0.39 is 0 Å². The summed E-state index contributed by atoms with van der Waals surface area (Å²) in [6, 6.07) is 0. The number of aromatic nitrogens is 1. The van der Waals surface area contributed by atoms with Crippen LogP contribution in [-0.2, 0) is 0 Å². The Bertz CT molecular complexity index is 362. The largest absolute Gasteiger partial charge is 0.344 e. The molecule has 6 heteroatoms. The average molecular weight is 340 g/mol. The number of carbonyl (C=O) groups excluding carboxylic acids is 1. The highest BCUT2D eigenvalue weighted by molar-refractivity contribution is 9.11. The summed E-state index contributed by atoms with van der Waals surface area (Å²) in [6.07, 6.45) is 2.09. The van der Waals surface area contributed by atoms with E-state index in [-0.39, 0.29) is 11.4 Å². The maximum absolute atomic E-state index is 11.7. The lowest BCUT2D eigenvalue weighted by molar-refractivity contribution is 0.0931. The van der Waals surface area contributed by atoms with Crippen molar-refractivity contribution >= 4 is 49.1 Å². The first-order valence-corrected chi connectivity index (χ1v) is 6.94. The van der Waals surface area contributed by atoms with Gasteiger partial charge >= 0.3 is 0 Å². The lowest BCUT2D eigenvalue weighted by atomic mass is 10.3. The fourth-order valence-corrected chi connectivity index (χ4v) is 2.86. The van der Waals surface area contributed by atoms with Crippen LogP contribution in [0.1, 0.15) is 23.3 Å². The van der Waals surface area contributed by atoms with Gasteiger partial charge in [-0.1, -0.05) is 15.9 Å². The van der Waals surface area contributed by atoms with Gasteiger partial charge in [0.1, 0.15) is 3.79 Å². The van der Waals surface area contributed by atoms with Crippen LogP contribution in [0, 0.1) is 0 Å². The fraction of sp³-hybridized carbons (Fsp3) is 0.500. The van der Waals surface area contributed by atoms with Crippen LogP contribution in [0.4, 0.5) is 0 Å². The van der Waals surface area contributed by atoms with Crippen LogP contribution in [0.15, 0.2) is 9.30 Å². The zero-order valence-corrected chi connectivity index (χ0v) is 11.2. The molecule has 0 aromatic carbocycles. The highest BCUT2D eigenvalue weighted by Gasteiger charge is 2.43. The summed E-state index contributed by atoms with van der Waals surface area (Å²) >= 11 is 8.12. The molecule has 0 atom stereocenters. The number of nitrogens with one attached hydrogen (secondary N) is 1. The molecule has 14 heavy (non-hydrogen) atoms. The van der Waals surface area contributed by atoms with E-state index in [1.54, 1.807) is 5.51 Å². The molecular weight excluding hydrogens is 332 g/mol. The van der Waals surface area contributed by atoms with E-state index >= 15 is 0 Å². The van der Waals surface area contributed by atoms with Crippen molar-refractivity contribution in [1.29, 1.82) is 0 Å². The highest BCUT2D eigenvalue weighted by atomic mass is 79.9. The van der Waals surface area contributed by atoms with Gasteiger partial charge in [-0.05, 0) is 28.8 Å². The summed E-state index contributed by atoms with van der Waals surface area (Å²) in [6.45, 7) is 0. The van der Waals surface area contributed by atoms with Gasteiger partial charge in [-0.15, -0.1) is 11.3 Å². The number of alkyl halides is 1. The quantitative estimate of drug-likeness (QED) is 0.860. The Balaban J connectivity index is 2.07. The standard InChI is InChI=1S/C8H8Br2N2OS/c9-3-8(1-2-8)12-7(13)5-6(10)14-4-11-5/h4H,1-3H2,(H,12,13). The molecule has 0 saturated heterocycles. The Morgan fingerprint density at radius 3 is 2.86 bits per heavy atom. The van der Waals surface area contributed by atoms with E-state index in [9.17, 15) is 4.79 Å². The first-order valence-electron chi connectivity index (χ1n) is 4.14. The third-order valence-corrected chi connectivity index (χ3v) is 4.85. The van der Waals surface area contributed by atoms with Gasteiger partial charge in [-0.25, -0.2) is 4.98 Å². The zero-order chi connectivity index (χ0) is 10.2. The van der Waals surface area contributed by atoms with Crippen LogP contribution in [0.5, 0.6) is 0 Å². The van der Waals surface area contributed by atoms with Crippen LogP contribution in [0.3, 0.4) is 0 Å². The van der Waals surface area contributed by atoms with Crippen LogP contribution >= 0.6 is 43.2 Å². The van der Waals surface area contributed by atoms with E-state index in [2.05, 4.69) is 42.2 Å². The van der Waals surface area contributed by atoms with E-state index in [0.717, 1.165) is 22.0 Å². The number of hydrogen-bond acceptors (Lipinski definition) is 3. The molecule has 0 radical (unpaired) electrons. The maximum atomic E-state index is 11.7. The Morgan fingerprint density at radius 1 is 1.71 bits per heavy atom. The van der Waals surface area contributed by atoms with E-state index in [1.165, 1.54) is 11.3 Å². The van der Waals surface area contributed by atoms with Crippen LogP contribution < -0.4 is 5.32 Å². The molecule has 1 heterocycles. The van der Waals surface area contributed by atoms with Crippen molar-refractivity contribution in [3.63, 3.8) is 0 Å². The molecule has 1 aliphatic rings. The lowest BCUT2D eigenvalue weighted by Crippen LogP contribution is -2.38. The van der Waals surface area contributed by atoms with Crippen molar-refractivity contribution in [3.05, 3.63) is 15.0 Å². The smallest absolute Gasteiger partial charge is 0.272 e. The first kappa shape index (κ1) is 10.6. The molecule has 1 saturated carbocycles. The van der Waals surface area contributed by atoms with Crippen LogP contribution in [-0.4, -0.2) is 21.8 Å². The molecule has 1 fully saturated rings. The second kappa shape index (κ2) is 3.90. The molecule has 1 amide bonds. The van der Waals surface area contributed by atoms with Gasteiger partial charge in [0.2, 0.25) is 0 Å². The van der Waals surface area contributed by atoms with Crippen molar-refractivity contribution in [2.75, 3.05) is 5.33 Å². The summed E-state index contributed by atoms with van der Waals surface area (Å²) in [5.41, 5.74) is 2.13. The average Bonchev–Trinajstić information content (AvgIpc) is 2.80. The molecule has 0 bridgehead atoms. The van der Waals surface area contributed by atoms with Crippen molar-refractivity contribution in [3.8, 4) is 0 Å². The first-order chi connectivity index (χ1) is 6.67. The minimum Gasteiger partial charge on any atom is -0.344 e. The van der Waals surface area contributed by atoms with Gasteiger partial charge in [-0.2, -0.15) is 0 Å². The minimum atomic E-state index is -0.0879. The Morgan fingerprint density at radius 2 is 2.43 bits per heavy atom. The molecule has 0 spiro atoms. The second-order valence-electron chi connectivity index (χ2n) is 3.34. The fourth-order valence-electron chi connectivity index (χ4n) is 1.12. The second-order valence-corrected chi connectivity index (χ2v) is 6.08. The van der Waals surface area contributed by atoms with E-state index in [1.807, 2.05) is 0 Å². The van der Waals surface area contributed by atoms with Crippen LogP contribution in [0.2, 0.25) is 0 Å². The van der Waals surface area contributed by atoms with Gasteiger partial charge < -0.3 is 5.32 Å². The molecule has 1 N–H and O–H groups in total. The SMILES string of the molecule is O=C(NC1(CBr)CC1)c1ncsc1Br. The molecule has 1 aromatic rings. The Kier molecular flexibility index (Phi) is 2.95. The maximum Gasteiger partial charge on any atom is 0.272 e. The molecule has 2 rings (SSSR count). The Hall–Kier alpha value is 0.0600. The topological polar surface area (TPSA) is 42.0 Å². The van der Waals surface area contributed by atoms with Crippen LogP contribution in [0.25, 0.3) is 0 Å². The molecule has 1 aliphatic carbocycles. The van der Waals surface area contributed by atoms with Crippen molar-refractivity contribution in [2.24, 2.45) is 0 Å². The van der Waals surface area contributed by atoms with Crippen molar-refractivity contribution in [2.45, 2.75) is 18.4 Å². The number of rotatable bonds is 3. The molecular formula is C8H8Br2N2OS. The molecule has 0 unspecified atom stereocenters. The van der Waals surface area contributed by atoms with Gasteiger partial charge in [0, 0.05) is 5.33 Å². The predicted octanol–water partition coefficient (Wildman–Crippen LogP) is 2.56. The molecule has 76 valence electrons. The number of nitrogens with zero attached hydrogens (tertiary/aromatic N) is 1. The normalized spacial score (nSPS) is 17.9. The van der Waals surface area contributed by atoms with Gasteiger partial charge in [-0.3, -0.25) is 4.79 Å². The summed E-state index contributed by atoms with van der Waals surface area (Å²) < 4.78 is 0.792. The number of carbonyl (C=O) groups is 1. The lowest BCUT2D eigenvalue weighted by Gasteiger charge is -2.12. The number of amides is 1. The monoisotopic (exact) mass is 338 g/mol.